The molecule has 29 heavy (non-hydrogen) atoms. The molecule has 3 rings (SSSR count). The van der Waals surface area contributed by atoms with Crippen molar-refractivity contribution >= 4 is 30.1 Å². The quantitative estimate of drug-likeness (QED) is 0.473. The first-order valence-electron chi connectivity index (χ1n) is 9.69. The highest BCUT2D eigenvalue weighted by Gasteiger charge is 2.33. The van der Waals surface area contributed by atoms with Crippen molar-refractivity contribution < 1.29 is 4.74 Å². The fourth-order valence-electron chi connectivity index (χ4n) is 3.67. The summed E-state index contributed by atoms with van der Waals surface area (Å²) in [5, 5.41) is 19.2. The van der Waals surface area contributed by atoms with Gasteiger partial charge in [-0.1, -0.05) is 11.6 Å². The van der Waals surface area contributed by atoms with Crippen molar-refractivity contribution in [1.29, 1.82) is 10.5 Å². The van der Waals surface area contributed by atoms with Crippen molar-refractivity contribution in [3.05, 3.63) is 58.6 Å². The zero-order chi connectivity index (χ0) is 20.6. The van der Waals surface area contributed by atoms with Gasteiger partial charge in [-0.2, -0.15) is 5.26 Å². The lowest BCUT2D eigenvalue weighted by atomic mass is 9.39. The van der Waals surface area contributed by atoms with Crippen LogP contribution in [0.3, 0.4) is 0 Å². The largest absolute Gasteiger partial charge is 0.494 e. The van der Waals surface area contributed by atoms with Gasteiger partial charge in [0.15, 0.2) is 0 Å². The monoisotopic (exact) mass is 423 g/mol. The Morgan fingerprint density at radius 3 is 2.72 bits per heavy atom. The topological polar surface area (TPSA) is 60.0 Å². The smallest absolute Gasteiger partial charge is 0.276 e. The summed E-state index contributed by atoms with van der Waals surface area (Å²) in [7, 11) is 0. The first kappa shape index (κ1) is 21.6. The van der Waals surface area contributed by atoms with Crippen LogP contribution in [0.1, 0.15) is 11.1 Å². The standard InChI is InChI=1S/C22H23BClN3OS/c1-29-22-4-2-21(3-5-22)28-15-19-14-27(9-7-23(19)16-26)8-6-17-10-18(13-25)12-20(24)11-17/h2-5,10-12,19H,6-9,14-15H2,1H3. The second-order valence-electron chi connectivity index (χ2n) is 7.28. The van der Waals surface area contributed by atoms with E-state index in [0.717, 1.165) is 43.7 Å². The first-order valence-corrected chi connectivity index (χ1v) is 11.3. The van der Waals surface area contributed by atoms with Gasteiger partial charge in [0.1, 0.15) is 5.75 Å². The summed E-state index contributed by atoms with van der Waals surface area (Å²) >= 11 is 7.81. The number of nitrogens with zero attached hydrogens (tertiary/aromatic N) is 3. The van der Waals surface area contributed by atoms with E-state index in [2.05, 4.69) is 35.3 Å². The van der Waals surface area contributed by atoms with Crippen LogP contribution in [0.25, 0.3) is 0 Å². The van der Waals surface area contributed by atoms with E-state index in [1.54, 1.807) is 17.8 Å². The minimum absolute atomic E-state index is 0.0214. The average molecular weight is 424 g/mol. The molecule has 4 nitrogen and oxygen atoms in total. The molecule has 1 aliphatic rings. The maximum absolute atomic E-state index is 9.54. The molecule has 1 aliphatic heterocycles. The van der Waals surface area contributed by atoms with Crippen molar-refractivity contribution in [1.82, 2.24) is 4.90 Å². The Kier molecular flexibility index (Phi) is 7.89. The summed E-state index contributed by atoms with van der Waals surface area (Å²) < 4.78 is 5.99. The Morgan fingerprint density at radius 1 is 1.24 bits per heavy atom. The van der Waals surface area contributed by atoms with Crippen LogP contribution >= 0.6 is 23.4 Å². The van der Waals surface area contributed by atoms with Gasteiger partial charge < -0.3 is 9.64 Å². The summed E-state index contributed by atoms with van der Waals surface area (Å²) in [5.41, 5.74) is 1.66. The fourth-order valence-corrected chi connectivity index (χ4v) is 4.34. The van der Waals surface area contributed by atoms with Gasteiger partial charge in [-0.25, -0.2) is 5.26 Å². The van der Waals surface area contributed by atoms with Crippen LogP contribution in [-0.4, -0.2) is 44.1 Å². The highest BCUT2D eigenvalue weighted by Crippen LogP contribution is 2.25. The first-order chi connectivity index (χ1) is 14.1. The van der Waals surface area contributed by atoms with Gasteiger partial charge in [-0.3, -0.25) is 0 Å². The van der Waals surface area contributed by atoms with Crippen molar-refractivity contribution in [2.45, 2.75) is 23.5 Å². The van der Waals surface area contributed by atoms with Crippen LogP contribution in [0.4, 0.5) is 0 Å². The highest BCUT2D eigenvalue weighted by atomic mass is 35.5. The molecule has 1 atom stereocenters. The molecule has 0 aromatic heterocycles. The minimum Gasteiger partial charge on any atom is -0.494 e. The normalized spacial score (nSPS) is 16.8. The van der Waals surface area contributed by atoms with Crippen LogP contribution in [0.15, 0.2) is 47.4 Å². The Hall–Kier alpha value is -2.12. The number of rotatable bonds is 7. The van der Waals surface area contributed by atoms with Crippen molar-refractivity contribution in [2.24, 2.45) is 0 Å². The third-order valence-corrected chi connectivity index (χ3v) is 6.27. The third-order valence-electron chi connectivity index (χ3n) is 5.31. The molecule has 0 bridgehead atoms. The molecular formula is C22H23BClN3OS. The molecule has 0 aliphatic carbocycles. The van der Waals surface area contributed by atoms with E-state index in [4.69, 9.17) is 21.6 Å². The molecule has 2 aromatic rings. The van der Waals surface area contributed by atoms with Gasteiger partial charge in [0, 0.05) is 22.4 Å². The number of hydrogen-bond donors (Lipinski definition) is 0. The molecule has 2 aromatic carbocycles. The van der Waals surface area contributed by atoms with Crippen LogP contribution in [0.2, 0.25) is 17.2 Å². The summed E-state index contributed by atoms with van der Waals surface area (Å²) in [5.74, 6) is 3.49. The van der Waals surface area contributed by atoms with E-state index in [0.29, 0.717) is 17.2 Å². The SMILES string of the molecule is CSc1ccc(OCC2CN(CCc3cc(Cl)cc(C#N)c3)CCB2C#N)cc1. The van der Waals surface area contributed by atoms with Crippen LogP contribution in [0.5, 0.6) is 5.75 Å². The molecule has 148 valence electrons. The van der Waals surface area contributed by atoms with Gasteiger partial charge in [-0.05, 0) is 85.9 Å². The van der Waals surface area contributed by atoms with Crippen LogP contribution in [0, 0.1) is 22.6 Å². The highest BCUT2D eigenvalue weighted by molar-refractivity contribution is 7.98. The number of hydrogen-bond acceptors (Lipinski definition) is 5. The second-order valence-corrected chi connectivity index (χ2v) is 8.60. The Bertz CT molecular complexity index is 910. The summed E-state index contributed by atoms with van der Waals surface area (Å²) in [4.78, 5) is 3.59. The number of halogens is 1. The molecule has 0 saturated carbocycles. The van der Waals surface area contributed by atoms with Crippen molar-refractivity contribution in [2.75, 3.05) is 32.5 Å². The number of ether oxygens (including phenoxy) is 1. The van der Waals surface area contributed by atoms with E-state index in [9.17, 15) is 5.26 Å². The van der Waals surface area contributed by atoms with Crippen molar-refractivity contribution in [3.8, 4) is 17.8 Å². The summed E-state index contributed by atoms with van der Waals surface area (Å²) in [6, 6.07) is 15.7. The van der Waals surface area contributed by atoms with Crippen LogP contribution < -0.4 is 4.74 Å². The minimum atomic E-state index is 0.0214. The summed E-state index contributed by atoms with van der Waals surface area (Å²) in [6.07, 6.45) is 3.74. The van der Waals surface area contributed by atoms with E-state index < -0.39 is 0 Å². The average Bonchev–Trinajstić information content (AvgIpc) is 2.76. The molecule has 7 heteroatoms. The molecule has 1 saturated heterocycles. The molecule has 1 heterocycles. The van der Waals surface area contributed by atoms with Gasteiger partial charge >= 0.3 is 0 Å². The molecule has 0 N–H and O–H groups in total. The van der Waals surface area contributed by atoms with Crippen molar-refractivity contribution in [3.63, 3.8) is 0 Å². The Balaban J connectivity index is 1.56. The van der Waals surface area contributed by atoms with E-state index in [1.807, 2.05) is 24.3 Å². The maximum Gasteiger partial charge on any atom is 0.276 e. The molecule has 0 spiro atoms. The fraction of sp³-hybridized carbons (Fsp3) is 0.364. The molecule has 0 amide bonds. The number of benzene rings is 2. The predicted octanol–water partition coefficient (Wildman–Crippen LogP) is 4.80. The predicted molar refractivity (Wildman–Crippen MR) is 120 cm³/mol. The molecule has 1 unspecified atom stereocenters. The lowest BCUT2D eigenvalue weighted by Gasteiger charge is -2.34. The van der Waals surface area contributed by atoms with E-state index >= 15 is 0 Å². The molecule has 0 radical (unpaired) electrons. The zero-order valence-electron chi connectivity index (χ0n) is 16.5. The maximum atomic E-state index is 9.54. The van der Waals surface area contributed by atoms with E-state index in [-0.39, 0.29) is 12.5 Å². The number of thioether (sulfide) groups is 1. The van der Waals surface area contributed by atoms with Gasteiger partial charge in [-0.15, -0.1) is 11.8 Å². The Labute approximate surface area is 182 Å². The number of nitriles is 2. The third kappa shape index (κ3) is 6.18. The van der Waals surface area contributed by atoms with Gasteiger partial charge in [0.05, 0.1) is 18.2 Å². The summed E-state index contributed by atoms with van der Waals surface area (Å²) in [6.45, 7) is 3.19. The molecular weight excluding hydrogens is 401 g/mol. The van der Waals surface area contributed by atoms with Crippen LogP contribution in [-0.2, 0) is 6.42 Å². The molecule has 1 fully saturated rings. The Morgan fingerprint density at radius 2 is 2.03 bits per heavy atom. The van der Waals surface area contributed by atoms with E-state index in [1.165, 1.54) is 4.90 Å². The zero-order valence-corrected chi connectivity index (χ0v) is 18.0. The van der Waals surface area contributed by atoms with Gasteiger partial charge in [0.2, 0.25) is 0 Å². The van der Waals surface area contributed by atoms with Gasteiger partial charge in [0.25, 0.3) is 6.71 Å². The lowest BCUT2D eigenvalue weighted by molar-refractivity contribution is 0.229. The second kappa shape index (κ2) is 10.6. The lowest BCUT2D eigenvalue weighted by Crippen LogP contribution is -2.44.